The Morgan fingerprint density at radius 3 is 3.00 bits per heavy atom. The molecular formula is C13H18ClN3. The largest absolute Gasteiger partial charge is 0.351 e. The number of nitrogens with one attached hydrogen (secondary N) is 1. The molecule has 0 amide bonds. The molecule has 0 atom stereocenters. The van der Waals surface area contributed by atoms with Gasteiger partial charge in [-0.1, -0.05) is 23.3 Å². The molecule has 0 aliphatic carbocycles. The molecule has 0 spiro atoms. The van der Waals surface area contributed by atoms with E-state index in [9.17, 15) is 0 Å². The van der Waals surface area contributed by atoms with Gasteiger partial charge in [0.05, 0.1) is 5.02 Å². The molecule has 1 aliphatic rings. The first-order valence-corrected chi connectivity index (χ1v) is 6.28. The van der Waals surface area contributed by atoms with Crippen LogP contribution >= 0.6 is 11.6 Å². The standard InChI is InChI=1S/C13H18ClN3/c1-10-4-3-5-17(9-10)13-12(14)6-11(7-15-2)8-16-13/h4,6,8,15H,3,5,7,9H2,1-2H3. The lowest BCUT2D eigenvalue weighted by Gasteiger charge is -2.28. The highest BCUT2D eigenvalue weighted by Crippen LogP contribution is 2.26. The van der Waals surface area contributed by atoms with Crippen molar-refractivity contribution in [2.24, 2.45) is 0 Å². The minimum Gasteiger partial charge on any atom is -0.351 e. The highest BCUT2D eigenvalue weighted by atomic mass is 35.5. The number of hydrogen-bond donors (Lipinski definition) is 1. The Morgan fingerprint density at radius 1 is 1.53 bits per heavy atom. The summed E-state index contributed by atoms with van der Waals surface area (Å²) in [6.07, 6.45) is 5.24. The van der Waals surface area contributed by atoms with Crippen molar-refractivity contribution in [1.29, 1.82) is 0 Å². The van der Waals surface area contributed by atoms with E-state index in [1.807, 2.05) is 19.3 Å². The van der Waals surface area contributed by atoms with Crippen LogP contribution < -0.4 is 10.2 Å². The normalized spacial score (nSPS) is 15.9. The summed E-state index contributed by atoms with van der Waals surface area (Å²) in [4.78, 5) is 6.72. The molecule has 0 fully saturated rings. The smallest absolute Gasteiger partial charge is 0.147 e. The minimum atomic E-state index is 0.743. The molecule has 3 nitrogen and oxygen atoms in total. The van der Waals surface area contributed by atoms with Crippen LogP contribution in [0, 0.1) is 0 Å². The van der Waals surface area contributed by atoms with E-state index in [0.717, 1.165) is 42.5 Å². The van der Waals surface area contributed by atoms with E-state index in [-0.39, 0.29) is 0 Å². The Balaban J connectivity index is 2.18. The Labute approximate surface area is 107 Å². The second-order valence-electron chi connectivity index (χ2n) is 4.44. The van der Waals surface area contributed by atoms with Crippen molar-refractivity contribution >= 4 is 17.4 Å². The average Bonchev–Trinajstić information content (AvgIpc) is 2.29. The van der Waals surface area contributed by atoms with Crippen LogP contribution in [0.15, 0.2) is 23.9 Å². The SMILES string of the molecule is CNCc1cnc(N2CCC=C(C)C2)c(Cl)c1. The number of nitrogens with zero attached hydrogens (tertiary/aromatic N) is 2. The highest BCUT2D eigenvalue weighted by molar-refractivity contribution is 6.33. The minimum absolute atomic E-state index is 0.743. The molecule has 92 valence electrons. The third-order valence-corrected chi connectivity index (χ3v) is 3.17. The molecule has 1 N–H and O–H groups in total. The van der Waals surface area contributed by atoms with E-state index in [0.29, 0.717) is 0 Å². The molecule has 1 aromatic rings. The van der Waals surface area contributed by atoms with Crippen LogP contribution in [0.4, 0.5) is 5.82 Å². The fourth-order valence-electron chi connectivity index (χ4n) is 2.10. The quantitative estimate of drug-likeness (QED) is 0.837. The zero-order valence-electron chi connectivity index (χ0n) is 10.3. The van der Waals surface area contributed by atoms with Crippen molar-refractivity contribution in [3.8, 4) is 0 Å². The maximum absolute atomic E-state index is 6.29. The number of anilines is 1. The van der Waals surface area contributed by atoms with Gasteiger partial charge in [0.2, 0.25) is 0 Å². The summed E-state index contributed by atoms with van der Waals surface area (Å²) in [5.41, 5.74) is 2.50. The molecule has 0 unspecified atom stereocenters. The summed E-state index contributed by atoms with van der Waals surface area (Å²) in [6.45, 7) is 4.87. The fourth-order valence-corrected chi connectivity index (χ4v) is 2.40. The van der Waals surface area contributed by atoms with Gasteiger partial charge in [-0.25, -0.2) is 4.98 Å². The number of pyridine rings is 1. The summed E-state index contributed by atoms with van der Waals surface area (Å²) < 4.78 is 0. The summed E-state index contributed by atoms with van der Waals surface area (Å²) in [6, 6.07) is 1.99. The Bertz CT molecular complexity index is 429. The van der Waals surface area contributed by atoms with Crippen LogP contribution in [-0.2, 0) is 6.54 Å². The van der Waals surface area contributed by atoms with E-state index in [4.69, 9.17) is 11.6 Å². The number of rotatable bonds is 3. The van der Waals surface area contributed by atoms with Crippen molar-refractivity contribution in [2.45, 2.75) is 19.9 Å². The third-order valence-electron chi connectivity index (χ3n) is 2.89. The van der Waals surface area contributed by atoms with Gasteiger partial charge in [-0.15, -0.1) is 0 Å². The van der Waals surface area contributed by atoms with E-state index in [1.54, 1.807) is 0 Å². The first kappa shape index (κ1) is 12.4. The third kappa shape index (κ3) is 2.99. The lowest BCUT2D eigenvalue weighted by molar-refractivity contribution is 0.772. The van der Waals surface area contributed by atoms with Gasteiger partial charge in [0.15, 0.2) is 0 Å². The molecule has 1 aromatic heterocycles. The van der Waals surface area contributed by atoms with Gasteiger partial charge >= 0.3 is 0 Å². The Kier molecular flexibility index (Phi) is 4.02. The molecule has 0 bridgehead atoms. The van der Waals surface area contributed by atoms with Crippen LogP contribution in [0.2, 0.25) is 5.02 Å². The van der Waals surface area contributed by atoms with Crippen molar-refractivity contribution in [3.05, 3.63) is 34.5 Å². The van der Waals surface area contributed by atoms with E-state index in [2.05, 4.69) is 28.2 Å². The number of aromatic nitrogens is 1. The van der Waals surface area contributed by atoms with Crippen LogP contribution in [0.25, 0.3) is 0 Å². The second kappa shape index (κ2) is 5.52. The Hall–Kier alpha value is -1.06. The molecule has 2 heterocycles. The second-order valence-corrected chi connectivity index (χ2v) is 4.85. The zero-order valence-corrected chi connectivity index (χ0v) is 11.1. The van der Waals surface area contributed by atoms with Crippen molar-refractivity contribution < 1.29 is 0 Å². The van der Waals surface area contributed by atoms with Crippen LogP contribution in [-0.4, -0.2) is 25.1 Å². The van der Waals surface area contributed by atoms with Crippen molar-refractivity contribution in [2.75, 3.05) is 25.0 Å². The number of hydrogen-bond acceptors (Lipinski definition) is 3. The summed E-state index contributed by atoms with van der Waals surface area (Å²) in [5, 5.41) is 3.84. The average molecular weight is 252 g/mol. The van der Waals surface area contributed by atoms with Gasteiger partial charge in [-0.2, -0.15) is 0 Å². The maximum atomic E-state index is 6.29. The van der Waals surface area contributed by atoms with Crippen LogP contribution in [0.1, 0.15) is 18.9 Å². The van der Waals surface area contributed by atoms with Crippen LogP contribution in [0.3, 0.4) is 0 Å². The summed E-state index contributed by atoms with van der Waals surface area (Å²) in [5.74, 6) is 0.902. The van der Waals surface area contributed by atoms with Crippen molar-refractivity contribution in [3.63, 3.8) is 0 Å². The molecule has 0 radical (unpaired) electrons. The van der Waals surface area contributed by atoms with Gasteiger partial charge in [0, 0.05) is 25.8 Å². The lowest BCUT2D eigenvalue weighted by atomic mass is 10.1. The van der Waals surface area contributed by atoms with Gasteiger partial charge in [0.25, 0.3) is 0 Å². The molecule has 2 rings (SSSR count). The summed E-state index contributed by atoms with van der Waals surface area (Å²) >= 11 is 6.29. The first-order chi connectivity index (χ1) is 8.20. The van der Waals surface area contributed by atoms with E-state index < -0.39 is 0 Å². The van der Waals surface area contributed by atoms with E-state index >= 15 is 0 Å². The fraction of sp³-hybridized carbons (Fsp3) is 0.462. The van der Waals surface area contributed by atoms with Gasteiger partial charge in [-0.3, -0.25) is 0 Å². The highest BCUT2D eigenvalue weighted by Gasteiger charge is 2.15. The lowest BCUT2D eigenvalue weighted by Crippen LogP contribution is -2.30. The number of halogens is 1. The monoisotopic (exact) mass is 251 g/mol. The first-order valence-electron chi connectivity index (χ1n) is 5.90. The van der Waals surface area contributed by atoms with Gasteiger partial charge in [0.1, 0.15) is 5.82 Å². The molecule has 4 heteroatoms. The van der Waals surface area contributed by atoms with Gasteiger partial charge < -0.3 is 10.2 Å². The summed E-state index contributed by atoms with van der Waals surface area (Å²) in [7, 11) is 1.92. The molecular weight excluding hydrogens is 234 g/mol. The van der Waals surface area contributed by atoms with E-state index in [1.165, 1.54) is 5.57 Å². The molecule has 0 aromatic carbocycles. The Morgan fingerprint density at radius 2 is 2.35 bits per heavy atom. The maximum Gasteiger partial charge on any atom is 0.147 e. The topological polar surface area (TPSA) is 28.2 Å². The van der Waals surface area contributed by atoms with Crippen molar-refractivity contribution in [1.82, 2.24) is 10.3 Å². The molecule has 17 heavy (non-hydrogen) atoms. The predicted molar refractivity (Wildman–Crippen MR) is 72.6 cm³/mol. The molecule has 1 aliphatic heterocycles. The predicted octanol–water partition coefficient (Wildman–Crippen LogP) is 2.61. The molecule has 0 saturated carbocycles. The van der Waals surface area contributed by atoms with Crippen LogP contribution in [0.5, 0.6) is 0 Å². The zero-order chi connectivity index (χ0) is 12.3. The van der Waals surface area contributed by atoms with Gasteiger partial charge in [-0.05, 0) is 32.0 Å². The molecule has 0 saturated heterocycles.